The molecule has 0 saturated carbocycles. The molecule has 0 unspecified atom stereocenters. The van der Waals surface area contributed by atoms with E-state index >= 15 is 0 Å². The van der Waals surface area contributed by atoms with Gasteiger partial charge in [0.1, 0.15) is 5.56 Å². The Kier molecular flexibility index (Phi) is 4.74. The topological polar surface area (TPSA) is 71.4 Å². The molecule has 0 radical (unpaired) electrons. The van der Waals surface area contributed by atoms with E-state index in [9.17, 15) is 9.70 Å². The third-order valence-electron chi connectivity index (χ3n) is 3.63. The van der Waals surface area contributed by atoms with Crippen molar-refractivity contribution in [1.29, 1.82) is 0 Å². The number of nitrogens with zero attached hydrogens (tertiary/aromatic N) is 3. The van der Waals surface area contributed by atoms with E-state index in [1.165, 1.54) is 14.2 Å². The largest absolute Gasteiger partial charge is 0.493 e. The van der Waals surface area contributed by atoms with E-state index in [0.717, 1.165) is 31.9 Å². The normalized spacial score (nSPS) is 15.7. The first-order valence-electron chi connectivity index (χ1n) is 6.68. The summed E-state index contributed by atoms with van der Waals surface area (Å²) in [5.74, 6) is -0.401. The van der Waals surface area contributed by atoms with Gasteiger partial charge in [-0.25, -0.2) is 4.79 Å². The van der Waals surface area contributed by atoms with Crippen molar-refractivity contribution < 1.29 is 14.3 Å². The predicted octanol–water partition coefficient (Wildman–Crippen LogP) is 1.63. The maximum atomic E-state index is 11.9. The van der Waals surface area contributed by atoms with Crippen molar-refractivity contribution in [3.8, 4) is 5.75 Å². The number of methoxy groups -OCH3 is 2. The number of nitroso groups, excluding NO2 is 1. The average molecular weight is 293 g/mol. The highest BCUT2D eigenvalue weighted by atomic mass is 16.5. The summed E-state index contributed by atoms with van der Waals surface area (Å²) in [5, 5.41) is 2.97. The van der Waals surface area contributed by atoms with Crippen LogP contribution in [0.5, 0.6) is 5.75 Å². The summed E-state index contributed by atoms with van der Waals surface area (Å²) in [6, 6.07) is 3.33. The molecular weight excluding hydrogens is 274 g/mol. The zero-order valence-electron chi connectivity index (χ0n) is 12.5. The van der Waals surface area contributed by atoms with E-state index in [1.54, 1.807) is 12.1 Å². The summed E-state index contributed by atoms with van der Waals surface area (Å²) in [5.41, 5.74) is 1.10. The minimum Gasteiger partial charge on any atom is -0.493 e. The van der Waals surface area contributed by atoms with Crippen LogP contribution in [0.3, 0.4) is 0 Å². The van der Waals surface area contributed by atoms with Crippen molar-refractivity contribution in [3.63, 3.8) is 0 Å². The molecule has 1 saturated heterocycles. The van der Waals surface area contributed by atoms with Gasteiger partial charge in [0.05, 0.1) is 14.2 Å². The lowest BCUT2D eigenvalue weighted by Gasteiger charge is -2.34. The van der Waals surface area contributed by atoms with Crippen molar-refractivity contribution in [2.24, 2.45) is 5.18 Å². The van der Waals surface area contributed by atoms with Crippen LogP contribution in [0.25, 0.3) is 0 Å². The monoisotopic (exact) mass is 293 g/mol. The van der Waals surface area contributed by atoms with Gasteiger partial charge in [-0.15, -0.1) is 4.91 Å². The van der Waals surface area contributed by atoms with Crippen LogP contribution in [0.4, 0.5) is 11.4 Å². The highest BCUT2D eigenvalue weighted by molar-refractivity contribution is 5.96. The van der Waals surface area contributed by atoms with Crippen molar-refractivity contribution in [1.82, 2.24) is 4.90 Å². The molecule has 0 N–H and O–H groups in total. The standard InChI is InChI=1S/C14H19N3O4/c1-16-4-6-17(7-5-16)10-8-11(14(18)21-3)13(20-2)12(9-10)15-19/h8-9H,4-7H2,1-3H3. The van der Waals surface area contributed by atoms with E-state index < -0.39 is 5.97 Å². The van der Waals surface area contributed by atoms with E-state index in [2.05, 4.69) is 22.0 Å². The maximum absolute atomic E-state index is 11.9. The summed E-state index contributed by atoms with van der Waals surface area (Å²) in [7, 11) is 4.74. The molecule has 0 spiro atoms. The number of carbonyl (C=O) groups is 1. The molecule has 7 nitrogen and oxygen atoms in total. The fraction of sp³-hybridized carbons (Fsp3) is 0.500. The molecule has 2 rings (SSSR count). The zero-order valence-corrected chi connectivity index (χ0v) is 12.5. The predicted molar refractivity (Wildman–Crippen MR) is 79.5 cm³/mol. The molecule has 114 valence electrons. The fourth-order valence-corrected chi connectivity index (χ4v) is 2.39. The first-order chi connectivity index (χ1) is 10.1. The van der Waals surface area contributed by atoms with Crippen LogP contribution in [0.1, 0.15) is 10.4 Å². The van der Waals surface area contributed by atoms with Gasteiger partial charge in [-0.05, 0) is 24.4 Å². The third kappa shape index (κ3) is 3.13. The Balaban J connectivity index is 2.42. The molecule has 0 amide bonds. The number of hydrogen-bond donors (Lipinski definition) is 0. The zero-order chi connectivity index (χ0) is 15.4. The van der Waals surface area contributed by atoms with Crippen LogP contribution in [0.2, 0.25) is 0 Å². The van der Waals surface area contributed by atoms with Crippen molar-refractivity contribution in [2.75, 3.05) is 52.3 Å². The molecule has 7 heteroatoms. The molecule has 0 atom stereocenters. The summed E-state index contributed by atoms with van der Waals surface area (Å²) in [6.45, 7) is 3.48. The smallest absolute Gasteiger partial charge is 0.341 e. The van der Waals surface area contributed by atoms with Gasteiger partial charge in [-0.2, -0.15) is 0 Å². The number of rotatable bonds is 4. The Morgan fingerprint density at radius 2 is 1.86 bits per heavy atom. The first kappa shape index (κ1) is 15.2. The number of piperazine rings is 1. The number of hydrogen-bond acceptors (Lipinski definition) is 7. The van der Waals surface area contributed by atoms with Gasteiger partial charge in [0, 0.05) is 31.9 Å². The van der Waals surface area contributed by atoms with E-state index in [1.807, 2.05) is 0 Å². The summed E-state index contributed by atoms with van der Waals surface area (Å²) < 4.78 is 9.88. The molecule has 1 aromatic carbocycles. The van der Waals surface area contributed by atoms with E-state index in [-0.39, 0.29) is 17.0 Å². The number of esters is 1. The Bertz CT molecular complexity index is 539. The maximum Gasteiger partial charge on any atom is 0.341 e. The molecule has 0 aliphatic carbocycles. The minimum atomic E-state index is -0.548. The van der Waals surface area contributed by atoms with Crippen molar-refractivity contribution in [3.05, 3.63) is 22.6 Å². The van der Waals surface area contributed by atoms with Gasteiger partial charge in [0.2, 0.25) is 0 Å². The lowest BCUT2D eigenvalue weighted by Crippen LogP contribution is -2.44. The number of ether oxygens (including phenoxy) is 2. The van der Waals surface area contributed by atoms with Gasteiger partial charge in [0.25, 0.3) is 0 Å². The quantitative estimate of drug-likeness (QED) is 0.620. The number of anilines is 1. The number of likely N-dealkylation sites (N-methyl/N-ethyl adjacent to an activating group) is 1. The first-order valence-corrected chi connectivity index (χ1v) is 6.68. The molecule has 21 heavy (non-hydrogen) atoms. The van der Waals surface area contributed by atoms with Crippen LogP contribution in [-0.4, -0.2) is 58.3 Å². The lowest BCUT2D eigenvalue weighted by molar-refractivity contribution is 0.0597. The highest BCUT2D eigenvalue weighted by Gasteiger charge is 2.22. The average Bonchev–Trinajstić information content (AvgIpc) is 2.53. The molecule has 0 aromatic heterocycles. The number of carbonyl (C=O) groups excluding carboxylic acids is 1. The molecule has 1 aliphatic rings. The highest BCUT2D eigenvalue weighted by Crippen LogP contribution is 2.36. The second-order valence-corrected chi connectivity index (χ2v) is 4.92. The van der Waals surface area contributed by atoms with Crippen LogP contribution >= 0.6 is 0 Å². The molecule has 0 bridgehead atoms. The molecule has 1 heterocycles. The molecule has 1 fully saturated rings. The molecule has 1 aliphatic heterocycles. The van der Waals surface area contributed by atoms with Crippen LogP contribution in [0.15, 0.2) is 17.3 Å². The second-order valence-electron chi connectivity index (χ2n) is 4.92. The molecular formula is C14H19N3O4. The SMILES string of the molecule is COC(=O)c1cc(N2CCN(C)CC2)cc(N=O)c1OC. The Morgan fingerprint density at radius 1 is 1.19 bits per heavy atom. The van der Waals surface area contributed by atoms with E-state index in [4.69, 9.17) is 9.47 Å². The van der Waals surface area contributed by atoms with Crippen LogP contribution in [0, 0.1) is 4.91 Å². The molecule has 1 aromatic rings. The lowest BCUT2D eigenvalue weighted by atomic mass is 10.1. The third-order valence-corrected chi connectivity index (χ3v) is 3.63. The Labute approximate surface area is 123 Å². The van der Waals surface area contributed by atoms with Crippen molar-refractivity contribution >= 4 is 17.3 Å². The Morgan fingerprint density at radius 3 is 2.38 bits per heavy atom. The minimum absolute atomic E-state index is 0.106. The van der Waals surface area contributed by atoms with Gasteiger partial charge in [0.15, 0.2) is 11.4 Å². The summed E-state index contributed by atoms with van der Waals surface area (Å²) >= 11 is 0. The summed E-state index contributed by atoms with van der Waals surface area (Å²) in [4.78, 5) is 27.2. The van der Waals surface area contributed by atoms with Crippen molar-refractivity contribution in [2.45, 2.75) is 0 Å². The number of benzene rings is 1. The fourth-order valence-electron chi connectivity index (χ4n) is 2.39. The second kappa shape index (κ2) is 6.53. The van der Waals surface area contributed by atoms with Gasteiger partial charge in [-0.1, -0.05) is 0 Å². The van der Waals surface area contributed by atoms with Gasteiger partial charge < -0.3 is 19.3 Å². The Hall–Kier alpha value is -2.15. The van der Waals surface area contributed by atoms with Gasteiger partial charge >= 0.3 is 5.97 Å². The van der Waals surface area contributed by atoms with Crippen LogP contribution in [-0.2, 0) is 4.74 Å². The summed E-state index contributed by atoms with van der Waals surface area (Å²) in [6.07, 6.45) is 0. The van der Waals surface area contributed by atoms with E-state index in [0.29, 0.717) is 0 Å². The van der Waals surface area contributed by atoms with Gasteiger partial charge in [-0.3, -0.25) is 0 Å². The van der Waals surface area contributed by atoms with Crippen LogP contribution < -0.4 is 9.64 Å².